The molecule has 0 unspecified atom stereocenters. The minimum absolute atomic E-state index is 0. The van der Waals surface area contributed by atoms with E-state index in [1.165, 1.54) is 16.7 Å². The Morgan fingerprint density at radius 1 is 1.16 bits per heavy atom. The van der Waals surface area contributed by atoms with Gasteiger partial charge in [-0.3, -0.25) is 4.90 Å². The van der Waals surface area contributed by atoms with Crippen LogP contribution in [-0.2, 0) is 0 Å². The summed E-state index contributed by atoms with van der Waals surface area (Å²) in [5.41, 5.74) is 4.08. The number of hydrogen-bond acceptors (Lipinski definition) is 2. The molecule has 1 saturated heterocycles. The molecule has 0 spiro atoms. The molecule has 19 heavy (non-hydrogen) atoms. The van der Waals surface area contributed by atoms with Gasteiger partial charge in [0.1, 0.15) is 0 Å². The van der Waals surface area contributed by atoms with E-state index in [-0.39, 0.29) is 12.4 Å². The van der Waals surface area contributed by atoms with E-state index in [1.54, 1.807) is 0 Å². The molecule has 0 aliphatic carbocycles. The minimum atomic E-state index is 0. The van der Waals surface area contributed by atoms with E-state index < -0.39 is 0 Å². The van der Waals surface area contributed by atoms with Crippen LogP contribution in [0.5, 0.6) is 0 Å². The van der Waals surface area contributed by atoms with Crippen LogP contribution in [0.15, 0.2) is 29.8 Å². The van der Waals surface area contributed by atoms with Crippen molar-refractivity contribution in [2.75, 3.05) is 32.7 Å². The predicted octanol–water partition coefficient (Wildman–Crippen LogP) is 3.46. The molecule has 0 atom stereocenters. The number of halogens is 2. The molecule has 1 heterocycles. The highest BCUT2D eigenvalue weighted by atomic mass is 35.5. The second kappa shape index (κ2) is 7.91. The molecule has 0 radical (unpaired) electrons. The summed E-state index contributed by atoms with van der Waals surface area (Å²) >= 11 is 5.92. The second-order valence-corrected chi connectivity index (χ2v) is 5.37. The van der Waals surface area contributed by atoms with Crippen LogP contribution in [0.2, 0.25) is 5.02 Å². The van der Waals surface area contributed by atoms with Gasteiger partial charge in [-0.05, 0) is 37.1 Å². The van der Waals surface area contributed by atoms with Crippen molar-refractivity contribution < 1.29 is 0 Å². The van der Waals surface area contributed by atoms with Crippen molar-refractivity contribution in [2.24, 2.45) is 0 Å². The maximum atomic E-state index is 5.92. The maximum absolute atomic E-state index is 5.92. The van der Waals surface area contributed by atoms with E-state index in [1.807, 2.05) is 12.1 Å². The number of rotatable bonds is 3. The van der Waals surface area contributed by atoms with Crippen molar-refractivity contribution in [3.8, 4) is 0 Å². The highest BCUT2D eigenvalue weighted by molar-refractivity contribution is 6.30. The first-order valence-electron chi connectivity index (χ1n) is 6.52. The Hall–Kier alpha value is -0.540. The van der Waals surface area contributed by atoms with Crippen LogP contribution in [0, 0.1) is 0 Å². The van der Waals surface area contributed by atoms with Crippen molar-refractivity contribution in [3.63, 3.8) is 0 Å². The lowest BCUT2D eigenvalue weighted by atomic mass is 10.0. The fraction of sp³-hybridized carbons (Fsp3) is 0.467. The van der Waals surface area contributed by atoms with Crippen molar-refractivity contribution in [2.45, 2.75) is 13.8 Å². The molecule has 0 bridgehead atoms. The first-order chi connectivity index (χ1) is 8.66. The minimum Gasteiger partial charge on any atom is -0.314 e. The van der Waals surface area contributed by atoms with Gasteiger partial charge in [0, 0.05) is 37.7 Å². The maximum Gasteiger partial charge on any atom is 0.0406 e. The van der Waals surface area contributed by atoms with Crippen LogP contribution in [0.4, 0.5) is 0 Å². The summed E-state index contributed by atoms with van der Waals surface area (Å²) in [6, 6.07) is 8.11. The van der Waals surface area contributed by atoms with E-state index in [0.717, 1.165) is 37.7 Å². The van der Waals surface area contributed by atoms with E-state index in [0.29, 0.717) is 0 Å². The molecular formula is C15H22Cl2N2. The number of piperazine rings is 1. The van der Waals surface area contributed by atoms with Crippen molar-refractivity contribution >= 4 is 29.6 Å². The van der Waals surface area contributed by atoms with Gasteiger partial charge in [-0.15, -0.1) is 12.4 Å². The third-order valence-electron chi connectivity index (χ3n) is 3.59. The summed E-state index contributed by atoms with van der Waals surface area (Å²) in [4.78, 5) is 2.51. The third-order valence-corrected chi connectivity index (χ3v) is 3.84. The van der Waals surface area contributed by atoms with E-state index in [9.17, 15) is 0 Å². The van der Waals surface area contributed by atoms with Crippen LogP contribution < -0.4 is 5.32 Å². The predicted molar refractivity (Wildman–Crippen MR) is 86.3 cm³/mol. The highest BCUT2D eigenvalue weighted by Crippen LogP contribution is 2.20. The fourth-order valence-corrected chi connectivity index (χ4v) is 2.40. The summed E-state index contributed by atoms with van der Waals surface area (Å²) in [7, 11) is 0. The molecule has 4 heteroatoms. The van der Waals surface area contributed by atoms with Gasteiger partial charge >= 0.3 is 0 Å². The first kappa shape index (κ1) is 16.5. The number of allylic oxidation sites excluding steroid dienone is 1. The molecule has 0 saturated carbocycles. The number of nitrogens with one attached hydrogen (secondary N) is 1. The van der Waals surface area contributed by atoms with Gasteiger partial charge in [-0.2, -0.15) is 0 Å². The summed E-state index contributed by atoms with van der Waals surface area (Å²) in [5, 5.41) is 4.18. The summed E-state index contributed by atoms with van der Waals surface area (Å²) in [5.74, 6) is 0. The summed E-state index contributed by atoms with van der Waals surface area (Å²) < 4.78 is 0. The normalized spacial score (nSPS) is 17.6. The lowest BCUT2D eigenvalue weighted by Crippen LogP contribution is -2.44. The third kappa shape index (κ3) is 4.81. The summed E-state index contributed by atoms with van der Waals surface area (Å²) in [6.07, 6.45) is 0. The highest BCUT2D eigenvalue weighted by Gasteiger charge is 2.11. The Labute approximate surface area is 127 Å². The van der Waals surface area contributed by atoms with Gasteiger partial charge in [-0.25, -0.2) is 0 Å². The van der Waals surface area contributed by atoms with Crippen LogP contribution in [0.1, 0.15) is 19.4 Å². The number of nitrogens with zero attached hydrogens (tertiary/aromatic N) is 1. The smallest absolute Gasteiger partial charge is 0.0406 e. The molecule has 2 nitrogen and oxygen atoms in total. The number of benzene rings is 1. The number of hydrogen-bond donors (Lipinski definition) is 1. The van der Waals surface area contributed by atoms with Crippen molar-refractivity contribution in [3.05, 3.63) is 40.4 Å². The standard InChI is InChI=1S/C15H21ClN2.ClH/c1-12(11-18-9-7-17-8-10-18)13(2)14-3-5-15(16)6-4-14;/h3-6,17H,7-11H2,1-2H3;1H. The SMILES string of the molecule is CC(CN1CCNCC1)=C(C)c1ccc(Cl)cc1.Cl. The molecule has 1 aliphatic rings. The first-order valence-corrected chi connectivity index (χ1v) is 6.90. The van der Waals surface area contributed by atoms with E-state index in [4.69, 9.17) is 11.6 Å². The Bertz CT molecular complexity index is 420. The molecule has 1 fully saturated rings. The van der Waals surface area contributed by atoms with Gasteiger partial charge in [0.15, 0.2) is 0 Å². The zero-order valence-electron chi connectivity index (χ0n) is 11.6. The average molecular weight is 301 g/mol. The molecule has 2 rings (SSSR count). The zero-order valence-corrected chi connectivity index (χ0v) is 13.2. The Morgan fingerprint density at radius 3 is 2.32 bits per heavy atom. The fourth-order valence-electron chi connectivity index (χ4n) is 2.27. The molecule has 0 amide bonds. The van der Waals surface area contributed by atoms with Gasteiger partial charge in [0.25, 0.3) is 0 Å². The molecular weight excluding hydrogens is 279 g/mol. The van der Waals surface area contributed by atoms with Gasteiger partial charge < -0.3 is 5.32 Å². The molecule has 1 aromatic carbocycles. The molecule has 0 aromatic heterocycles. The topological polar surface area (TPSA) is 15.3 Å². The van der Waals surface area contributed by atoms with Crippen LogP contribution in [0.3, 0.4) is 0 Å². The van der Waals surface area contributed by atoms with Crippen LogP contribution in [0.25, 0.3) is 5.57 Å². The Morgan fingerprint density at radius 2 is 1.74 bits per heavy atom. The monoisotopic (exact) mass is 300 g/mol. The molecule has 106 valence electrons. The van der Waals surface area contributed by atoms with Gasteiger partial charge in [0.2, 0.25) is 0 Å². The zero-order chi connectivity index (χ0) is 13.0. The van der Waals surface area contributed by atoms with Crippen molar-refractivity contribution in [1.29, 1.82) is 0 Å². The van der Waals surface area contributed by atoms with Crippen LogP contribution in [-0.4, -0.2) is 37.6 Å². The van der Waals surface area contributed by atoms with Crippen LogP contribution >= 0.6 is 24.0 Å². The largest absolute Gasteiger partial charge is 0.314 e. The van der Waals surface area contributed by atoms with Gasteiger partial charge in [-0.1, -0.05) is 29.3 Å². The average Bonchev–Trinajstić information content (AvgIpc) is 2.40. The molecule has 1 aromatic rings. The molecule has 1 N–H and O–H groups in total. The Kier molecular flexibility index (Phi) is 6.87. The second-order valence-electron chi connectivity index (χ2n) is 4.94. The quantitative estimate of drug-likeness (QED) is 0.920. The molecule has 1 aliphatic heterocycles. The van der Waals surface area contributed by atoms with Crippen molar-refractivity contribution in [1.82, 2.24) is 10.2 Å². The Balaban J connectivity index is 0.00000180. The van der Waals surface area contributed by atoms with Gasteiger partial charge in [0.05, 0.1) is 0 Å². The lowest BCUT2D eigenvalue weighted by molar-refractivity contribution is 0.260. The summed E-state index contributed by atoms with van der Waals surface area (Å²) in [6.45, 7) is 9.99. The lowest BCUT2D eigenvalue weighted by Gasteiger charge is -2.28. The van der Waals surface area contributed by atoms with E-state index >= 15 is 0 Å². The van der Waals surface area contributed by atoms with E-state index in [2.05, 4.69) is 36.2 Å².